The van der Waals surface area contributed by atoms with Crippen molar-refractivity contribution in [1.29, 1.82) is 0 Å². The summed E-state index contributed by atoms with van der Waals surface area (Å²) in [4.78, 5) is 18.6. The molecule has 2 amide bonds. The van der Waals surface area contributed by atoms with Crippen LogP contribution in [0.2, 0.25) is 0 Å². The highest BCUT2D eigenvalue weighted by molar-refractivity contribution is 5.89. The van der Waals surface area contributed by atoms with Gasteiger partial charge in [0.05, 0.1) is 6.54 Å². The minimum atomic E-state index is -0.101. The van der Waals surface area contributed by atoms with Crippen molar-refractivity contribution >= 4 is 11.7 Å². The highest BCUT2D eigenvalue weighted by atomic mass is 16.5. The lowest BCUT2D eigenvalue weighted by Gasteiger charge is -2.18. The number of urea groups is 1. The third kappa shape index (κ3) is 4.56. The van der Waals surface area contributed by atoms with Gasteiger partial charge in [-0.05, 0) is 36.4 Å². The molecule has 1 N–H and O–H groups in total. The smallest absolute Gasteiger partial charge is 0.321 e. The number of aromatic nitrogens is 2. The van der Waals surface area contributed by atoms with E-state index in [2.05, 4.69) is 15.5 Å². The van der Waals surface area contributed by atoms with Crippen molar-refractivity contribution in [1.82, 2.24) is 15.0 Å². The van der Waals surface area contributed by atoms with E-state index in [4.69, 9.17) is 9.26 Å². The molecule has 1 aromatic heterocycles. The van der Waals surface area contributed by atoms with Gasteiger partial charge in [0.2, 0.25) is 11.7 Å². The Morgan fingerprint density at radius 1 is 1.17 bits per heavy atom. The molecule has 7 heteroatoms. The maximum Gasteiger partial charge on any atom is 0.321 e. The SMILES string of the molecule is CC(C)c1nc(-c2ccc(OC3CCN(C(=O)Nc4ccccc4)C3)cc2)no1. The predicted octanol–water partition coefficient (Wildman–Crippen LogP) is 4.55. The number of hydrogen-bond donors (Lipinski definition) is 1. The van der Waals surface area contributed by atoms with Crippen molar-refractivity contribution < 1.29 is 14.1 Å². The van der Waals surface area contributed by atoms with Crippen molar-refractivity contribution in [2.75, 3.05) is 18.4 Å². The molecule has 1 unspecified atom stereocenters. The predicted molar refractivity (Wildman–Crippen MR) is 110 cm³/mol. The second-order valence-electron chi connectivity index (χ2n) is 7.41. The number of amides is 2. The van der Waals surface area contributed by atoms with E-state index in [1.807, 2.05) is 68.4 Å². The molecular formula is C22H24N4O3. The van der Waals surface area contributed by atoms with Crippen molar-refractivity contribution in [3.8, 4) is 17.1 Å². The van der Waals surface area contributed by atoms with Gasteiger partial charge in [-0.3, -0.25) is 0 Å². The average Bonchev–Trinajstić information content (AvgIpc) is 3.39. The molecule has 2 aromatic carbocycles. The second kappa shape index (κ2) is 8.34. The monoisotopic (exact) mass is 392 g/mol. The van der Waals surface area contributed by atoms with Crippen LogP contribution in [0.3, 0.4) is 0 Å². The number of benzene rings is 2. The number of rotatable bonds is 5. The normalized spacial score (nSPS) is 16.2. The number of carbonyl (C=O) groups excluding carboxylic acids is 1. The highest BCUT2D eigenvalue weighted by Gasteiger charge is 2.27. The molecule has 7 nitrogen and oxygen atoms in total. The molecule has 0 aliphatic carbocycles. The molecule has 0 spiro atoms. The molecule has 1 saturated heterocycles. The van der Waals surface area contributed by atoms with Crippen molar-refractivity contribution in [2.24, 2.45) is 0 Å². The number of ether oxygens (including phenoxy) is 1. The molecule has 3 aromatic rings. The van der Waals surface area contributed by atoms with Crippen LogP contribution in [-0.4, -0.2) is 40.3 Å². The van der Waals surface area contributed by atoms with Gasteiger partial charge >= 0.3 is 6.03 Å². The van der Waals surface area contributed by atoms with Crippen molar-refractivity contribution in [2.45, 2.75) is 32.3 Å². The van der Waals surface area contributed by atoms with Crippen LogP contribution >= 0.6 is 0 Å². The van der Waals surface area contributed by atoms with Gasteiger partial charge in [0.15, 0.2) is 0 Å². The largest absolute Gasteiger partial charge is 0.489 e. The maximum atomic E-state index is 12.4. The Labute approximate surface area is 169 Å². The van der Waals surface area contributed by atoms with Crippen LogP contribution in [0, 0.1) is 0 Å². The number of para-hydroxylation sites is 1. The zero-order valence-corrected chi connectivity index (χ0v) is 16.5. The fourth-order valence-corrected chi connectivity index (χ4v) is 3.19. The van der Waals surface area contributed by atoms with Gasteiger partial charge < -0.3 is 19.5 Å². The number of anilines is 1. The first-order valence-electron chi connectivity index (χ1n) is 9.80. The Morgan fingerprint density at radius 3 is 2.62 bits per heavy atom. The summed E-state index contributed by atoms with van der Waals surface area (Å²) < 4.78 is 11.3. The Balaban J connectivity index is 1.32. The standard InChI is InChI=1S/C22H24N4O3/c1-15(2)21-24-20(25-29-21)16-8-10-18(11-9-16)28-19-12-13-26(14-19)22(27)23-17-6-4-3-5-7-17/h3-11,15,19H,12-14H2,1-2H3,(H,23,27). The summed E-state index contributed by atoms with van der Waals surface area (Å²) in [5, 5.41) is 6.94. The van der Waals surface area contributed by atoms with Crippen molar-refractivity contribution in [3.63, 3.8) is 0 Å². The summed E-state index contributed by atoms with van der Waals surface area (Å²) in [6, 6.07) is 17.0. The fourth-order valence-electron chi connectivity index (χ4n) is 3.19. The van der Waals surface area contributed by atoms with Gasteiger partial charge in [-0.1, -0.05) is 37.2 Å². The molecule has 2 heterocycles. The second-order valence-corrected chi connectivity index (χ2v) is 7.41. The lowest BCUT2D eigenvalue weighted by molar-refractivity contribution is 0.195. The summed E-state index contributed by atoms with van der Waals surface area (Å²) in [7, 11) is 0. The average molecular weight is 392 g/mol. The van der Waals surface area contributed by atoms with Gasteiger partial charge in [-0.15, -0.1) is 0 Å². The molecule has 29 heavy (non-hydrogen) atoms. The van der Waals surface area contributed by atoms with Crippen LogP contribution < -0.4 is 10.1 Å². The zero-order valence-electron chi connectivity index (χ0n) is 16.5. The van der Waals surface area contributed by atoms with Gasteiger partial charge in [0.25, 0.3) is 0 Å². The van der Waals surface area contributed by atoms with E-state index < -0.39 is 0 Å². The number of nitrogens with zero attached hydrogens (tertiary/aromatic N) is 3. The topological polar surface area (TPSA) is 80.5 Å². The molecule has 0 radical (unpaired) electrons. The van der Waals surface area contributed by atoms with Crippen LogP contribution in [0.1, 0.15) is 32.1 Å². The van der Waals surface area contributed by atoms with Crippen molar-refractivity contribution in [3.05, 3.63) is 60.5 Å². The summed E-state index contributed by atoms with van der Waals surface area (Å²) in [6.07, 6.45) is 0.770. The minimum Gasteiger partial charge on any atom is -0.489 e. The van der Waals surface area contributed by atoms with E-state index in [0.29, 0.717) is 24.8 Å². The van der Waals surface area contributed by atoms with E-state index in [-0.39, 0.29) is 18.1 Å². The maximum absolute atomic E-state index is 12.4. The van der Waals surface area contributed by atoms with Gasteiger partial charge in [0, 0.05) is 30.1 Å². The Bertz CT molecular complexity index is 954. The molecule has 150 valence electrons. The summed E-state index contributed by atoms with van der Waals surface area (Å²) in [5.74, 6) is 2.16. The van der Waals surface area contributed by atoms with Gasteiger partial charge in [-0.2, -0.15) is 4.98 Å². The summed E-state index contributed by atoms with van der Waals surface area (Å²) in [6.45, 7) is 5.25. The van der Waals surface area contributed by atoms with Gasteiger partial charge in [-0.25, -0.2) is 4.79 Å². The zero-order chi connectivity index (χ0) is 20.2. The first kappa shape index (κ1) is 19.0. The van der Waals surface area contributed by atoms with Crippen LogP contribution in [0.5, 0.6) is 5.75 Å². The van der Waals surface area contributed by atoms with Crippen LogP contribution in [0.4, 0.5) is 10.5 Å². The molecule has 0 saturated carbocycles. The molecular weight excluding hydrogens is 368 g/mol. The van der Waals surface area contributed by atoms with E-state index in [1.54, 1.807) is 4.90 Å². The van der Waals surface area contributed by atoms with E-state index in [1.165, 1.54) is 0 Å². The molecule has 1 fully saturated rings. The molecule has 1 atom stereocenters. The number of hydrogen-bond acceptors (Lipinski definition) is 5. The summed E-state index contributed by atoms with van der Waals surface area (Å²) >= 11 is 0. The van der Waals surface area contributed by atoms with Crippen LogP contribution in [0.15, 0.2) is 59.1 Å². The van der Waals surface area contributed by atoms with Crippen LogP contribution in [0.25, 0.3) is 11.4 Å². The Kier molecular flexibility index (Phi) is 5.46. The third-order valence-electron chi connectivity index (χ3n) is 4.81. The van der Waals surface area contributed by atoms with E-state index >= 15 is 0 Å². The number of nitrogens with one attached hydrogen (secondary N) is 1. The summed E-state index contributed by atoms with van der Waals surface area (Å²) in [5.41, 5.74) is 1.67. The number of likely N-dealkylation sites (tertiary alicyclic amines) is 1. The third-order valence-corrected chi connectivity index (χ3v) is 4.81. The first-order chi connectivity index (χ1) is 14.1. The lowest BCUT2D eigenvalue weighted by atomic mass is 10.2. The Hall–Kier alpha value is -3.35. The minimum absolute atomic E-state index is 0.0277. The molecule has 0 bridgehead atoms. The van der Waals surface area contributed by atoms with Gasteiger partial charge in [0.1, 0.15) is 11.9 Å². The lowest BCUT2D eigenvalue weighted by Crippen LogP contribution is -2.34. The Morgan fingerprint density at radius 2 is 1.93 bits per heavy atom. The quantitative estimate of drug-likeness (QED) is 0.689. The molecule has 1 aliphatic heterocycles. The highest BCUT2D eigenvalue weighted by Crippen LogP contribution is 2.24. The fraction of sp³-hybridized carbons (Fsp3) is 0.318. The first-order valence-corrected chi connectivity index (χ1v) is 9.80. The van der Waals surface area contributed by atoms with E-state index in [0.717, 1.165) is 23.4 Å². The molecule has 1 aliphatic rings. The molecule has 4 rings (SSSR count). The van der Waals surface area contributed by atoms with Crippen LogP contribution in [-0.2, 0) is 0 Å². The van der Waals surface area contributed by atoms with E-state index in [9.17, 15) is 4.79 Å². The number of carbonyl (C=O) groups is 1.